The second-order valence-corrected chi connectivity index (χ2v) is 7.96. The van der Waals surface area contributed by atoms with Crippen molar-refractivity contribution in [3.63, 3.8) is 0 Å². The van der Waals surface area contributed by atoms with Crippen molar-refractivity contribution in [2.75, 3.05) is 38.2 Å². The van der Waals surface area contributed by atoms with Gasteiger partial charge in [0.15, 0.2) is 11.5 Å². The maximum atomic E-state index is 14.0. The molecule has 0 saturated carbocycles. The van der Waals surface area contributed by atoms with Gasteiger partial charge in [-0.25, -0.2) is 9.67 Å². The van der Waals surface area contributed by atoms with Gasteiger partial charge in [-0.1, -0.05) is 12.1 Å². The minimum Gasteiger partial charge on any atom is -0.480 e. The van der Waals surface area contributed by atoms with Crippen LogP contribution < -0.4 is 9.64 Å². The van der Waals surface area contributed by atoms with Crippen LogP contribution in [0.15, 0.2) is 42.6 Å². The molecule has 10 nitrogen and oxygen atoms in total. The van der Waals surface area contributed by atoms with Gasteiger partial charge in [0.2, 0.25) is 11.8 Å². The van der Waals surface area contributed by atoms with Gasteiger partial charge in [-0.2, -0.15) is 18.3 Å². The van der Waals surface area contributed by atoms with Crippen molar-refractivity contribution in [2.45, 2.75) is 12.6 Å². The molecule has 1 amide bonds. The molecule has 0 bridgehead atoms. The number of hydrogen-bond donors (Lipinski definition) is 1. The number of hydrogen-bond acceptors (Lipinski definition) is 7. The average Bonchev–Trinajstić information content (AvgIpc) is 3.42. The van der Waals surface area contributed by atoms with E-state index in [0.29, 0.717) is 36.7 Å². The molecule has 1 fully saturated rings. The van der Waals surface area contributed by atoms with E-state index in [4.69, 9.17) is 4.74 Å². The number of fused-ring (bicyclic) bond motifs is 1. The van der Waals surface area contributed by atoms with E-state index >= 15 is 0 Å². The summed E-state index contributed by atoms with van der Waals surface area (Å²) < 4.78 is 47.6. The molecule has 1 aliphatic heterocycles. The Hall–Kier alpha value is -4.16. The predicted octanol–water partition coefficient (Wildman–Crippen LogP) is 2.92. The van der Waals surface area contributed by atoms with E-state index in [1.54, 1.807) is 0 Å². The average molecular weight is 486 g/mol. The predicted molar refractivity (Wildman–Crippen MR) is 120 cm³/mol. The van der Waals surface area contributed by atoms with Gasteiger partial charge in [-0.15, -0.1) is 10.2 Å². The number of halogens is 3. The van der Waals surface area contributed by atoms with Crippen LogP contribution in [0, 0.1) is 0 Å². The maximum Gasteiger partial charge on any atom is 0.434 e. The number of amides is 1. The van der Waals surface area contributed by atoms with Crippen LogP contribution >= 0.6 is 0 Å². The Labute approximate surface area is 197 Å². The SMILES string of the molecule is COc1ccc(-n2ncc(C(=O)N3CCCN(c4nc5ccccc5[nH]4)CC3)c2C(F)(F)F)nn1. The van der Waals surface area contributed by atoms with Crippen LogP contribution in [-0.4, -0.2) is 74.0 Å². The number of nitrogens with one attached hydrogen (secondary N) is 1. The fourth-order valence-corrected chi connectivity index (χ4v) is 4.08. The Bertz CT molecular complexity index is 1320. The Kier molecular flexibility index (Phi) is 5.75. The van der Waals surface area contributed by atoms with Crippen LogP contribution in [0.5, 0.6) is 5.88 Å². The lowest BCUT2D eigenvalue weighted by atomic mass is 10.2. The molecule has 4 heterocycles. The van der Waals surface area contributed by atoms with Gasteiger partial charge in [0.1, 0.15) is 0 Å². The third-order valence-corrected chi connectivity index (χ3v) is 5.78. The summed E-state index contributed by atoms with van der Waals surface area (Å²) in [4.78, 5) is 24.5. The first-order valence-corrected chi connectivity index (χ1v) is 10.9. The zero-order valence-electron chi connectivity index (χ0n) is 18.7. The van der Waals surface area contributed by atoms with Crippen molar-refractivity contribution in [2.24, 2.45) is 0 Å². The van der Waals surface area contributed by atoms with E-state index in [1.807, 2.05) is 29.2 Å². The fraction of sp³-hybridized carbons (Fsp3) is 0.318. The zero-order chi connectivity index (χ0) is 24.6. The number of aromatic nitrogens is 6. The van der Waals surface area contributed by atoms with Crippen LogP contribution in [0.4, 0.5) is 19.1 Å². The highest BCUT2D eigenvalue weighted by atomic mass is 19.4. The fourth-order valence-electron chi connectivity index (χ4n) is 4.08. The largest absolute Gasteiger partial charge is 0.480 e. The van der Waals surface area contributed by atoms with Gasteiger partial charge < -0.3 is 19.5 Å². The first-order chi connectivity index (χ1) is 16.8. The van der Waals surface area contributed by atoms with Gasteiger partial charge in [0, 0.05) is 32.2 Å². The topological polar surface area (TPSA) is 105 Å². The number of carbonyl (C=O) groups is 1. The van der Waals surface area contributed by atoms with E-state index in [-0.39, 0.29) is 18.2 Å². The first-order valence-electron chi connectivity index (χ1n) is 10.9. The van der Waals surface area contributed by atoms with Crippen LogP contribution in [0.3, 0.4) is 0 Å². The molecule has 1 N–H and O–H groups in total. The Morgan fingerprint density at radius 2 is 1.89 bits per heavy atom. The molecule has 13 heteroatoms. The molecule has 5 rings (SSSR count). The van der Waals surface area contributed by atoms with Crippen molar-refractivity contribution in [3.8, 4) is 11.7 Å². The number of anilines is 1. The monoisotopic (exact) mass is 486 g/mol. The normalized spacial score (nSPS) is 14.9. The number of nitrogens with zero attached hydrogens (tertiary/aromatic N) is 7. The number of methoxy groups -OCH3 is 1. The number of alkyl halides is 3. The maximum absolute atomic E-state index is 14.0. The molecule has 0 radical (unpaired) electrons. The Morgan fingerprint density at radius 3 is 2.60 bits per heavy atom. The number of aromatic amines is 1. The van der Waals surface area contributed by atoms with Crippen molar-refractivity contribution < 1.29 is 22.7 Å². The lowest BCUT2D eigenvalue weighted by Gasteiger charge is -2.22. The second-order valence-electron chi connectivity index (χ2n) is 7.96. The van der Waals surface area contributed by atoms with Crippen molar-refractivity contribution >= 4 is 22.9 Å². The third kappa shape index (κ3) is 4.36. The smallest absolute Gasteiger partial charge is 0.434 e. The van der Waals surface area contributed by atoms with E-state index in [9.17, 15) is 18.0 Å². The molecule has 35 heavy (non-hydrogen) atoms. The Balaban J connectivity index is 1.39. The van der Waals surface area contributed by atoms with Crippen molar-refractivity contribution in [1.82, 2.24) is 34.8 Å². The van der Waals surface area contributed by atoms with Gasteiger partial charge >= 0.3 is 6.18 Å². The summed E-state index contributed by atoms with van der Waals surface area (Å²) in [6.07, 6.45) is -3.34. The number of imidazole rings is 1. The van der Waals surface area contributed by atoms with Crippen LogP contribution in [-0.2, 0) is 6.18 Å². The molecule has 3 aromatic heterocycles. The molecule has 0 aliphatic carbocycles. The quantitative estimate of drug-likeness (QED) is 0.473. The first kappa shape index (κ1) is 22.6. The number of H-pyrrole nitrogens is 1. The molecular weight excluding hydrogens is 465 g/mol. The number of carbonyl (C=O) groups excluding carboxylic acids is 1. The third-order valence-electron chi connectivity index (χ3n) is 5.78. The van der Waals surface area contributed by atoms with E-state index in [0.717, 1.165) is 17.2 Å². The van der Waals surface area contributed by atoms with Crippen molar-refractivity contribution in [3.05, 3.63) is 53.9 Å². The molecular formula is C22H21F3N8O2. The minimum absolute atomic E-state index is 0.143. The van der Waals surface area contributed by atoms with Crippen molar-refractivity contribution in [1.29, 1.82) is 0 Å². The molecule has 0 spiro atoms. The van der Waals surface area contributed by atoms with Gasteiger partial charge in [-0.05, 0) is 24.6 Å². The molecule has 1 aliphatic rings. The standard InChI is InChI=1S/C22H21F3N8O2/c1-35-18-8-7-17(29-30-18)33-19(22(23,24)25)14(13-26-33)20(34)31-9-4-10-32(12-11-31)21-27-15-5-2-3-6-16(15)28-21/h2-3,5-8,13H,4,9-12H2,1H3,(H,27,28). The molecule has 1 aromatic carbocycles. The van der Waals surface area contributed by atoms with E-state index in [2.05, 4.69) is 25.3 Å². The van der Waals surface area contributed by atoms with Crippen LogP contribution in [0.1, 0.15) is 22.5 Å². The summed E-state index contributed by atoms with van der Waals surface area (Å²) in [5, 5.41) is 11.2. The number of para-hydroxylation sites is 2. The molecule has 0 unspecified atom stereocenters. The van der Waals surface area contributed by atoms with Crippen LogP contribution in [0.2, 0.25) is 0 Å². The highest BCUT2D eigenvalue weighted by Crippen LogP contribution is 2.34. The minimum atomic E-state index is -4.84. The van der Waals surface area contributed by atoms with Crippen LogP contribution in [0.25, 0.3) is 16.9 Å². The number of ether oxygens (including phenoxy) is 1. The van der Waals surface area contributed by atoms with E-state index < -0.39 is 23.3 Å². The number of benzene rings is 1. The van der Waals surface area contributed by atoms with Gasteiger partial charge in [0.25, 0.3) is 5.91 Å². The summed E-state index contributed by atoms with van der Waals surface area (Å²) >= 11 is 0. The highest BCUT2D eigenvalue weighted by Gasteiger charge is 2.42. The summed E-state index contributed by atoms with van der Waals surface area (Å²) in [5.74, 6) is -0.104. The van der Waals surface area contributed by atoms with E-state index in [1.165, 1.54) is 24.1 Å². The molecule has 182 valence electrons. The lowest BCUT2D eigenvalue weighted by Crippen LogP contribution is -2.36. The molecule has 1 saturated heterocycles. The number of rotatable bonds is 4. The highest BCUT2D eigenvalue weighted by molar-refractivity contribution is 5.95. The molecule has 4 aromatic rings. The zero-order valence-corrected chi connectivity index (χ0v) is 18.7. The summed E-state index contributed by atoms with van der Waals surface area (Å²) in [5.41, 5.74) is -0.0141. The molecule has 0 atom stereocenters. The summed E-state index contributed by atoms with van der Waals surface area (Å²) in [6, 6.07) is 10.3. The Morgan fingerprint density at radius 1 is 1.06 bits per heavy atom. The lowest BCUT2D eigenvalue weighted by molar-refractivity contribution is -0.143. The van der Waals surface area contributed by atoms with Gasteiger partial charge in [0.05, 0.1) is 29.9 Å². The summed E-state index contributed by atoms with van der Waals surface area (Å²) in [6.45, 7) is 1.57. The van der Waals surface area contributed by atoms with Gasteiger partial charge in [-0.3, -0.25) is 4.79 Å². The summed E-state index contributed by atoms with van der Waals surface area (Å²) in [7, 11) is 1.37. The second kappa shape index (κ2) is 8.89.